The van der Waals surface area contributed by atoms with Gasteiger partial charge in [-0.3, -0.25) is 0 Å². The average Bonchev–Trinajstić information content (AvgIpc) is 2.67. The summed E-state index contributed by atoms with van der Waals surface area (Å²) in [7, 11) is 1.55. The minimum Gasteiger partial charge on any atom is -0.496 e. The Hall–Kier alpha value is -2.37. The summed E-state index contributed by atoms with van der Waals surface area (Å²) in [6.45, 7) is 4.10. The predicted octanol–water partition coefficient (Wildman–Crippen LogP) is 1.65. The summed E-state index contributed by atoms with van der Waals surface area (Å²) in [5, 5.41) is 13.3. The number of rotatable bonds is 4. The maximum atomic E-state index is 11.0. The lowest BCUT2D eigenvalue weighted by molar-refractivity contribution is 0.0696. The van der Waals surface area contributed by atoms with E-state index in [1.807, 2.05) is 13.8 Å². The zero-order chi connectivity index (χ0) is 14.0. The molecule has 0 amide bonds. The molecule has 0 bridgehead atoms. The first-order valence-corrected chi connectivity index (χ1v) is 5.79. The smallest absolute Gasteiger partial charge is 0.335 e. The molecule has 1 heterocycles. The van der Waals surface area contributed by atoms with Crippen LogP contribution in [0, 0.1) is 13.8 Å². The number of benzene rings is 1. The third-order valence-electron chi connectivity index (χ3n) is 2.81. The molecule has 0 atom stereocenters. The van der Waals surface area contributed by atoms with Gasteiger partial charge in [0.05, 0.1) is 19.2 Å². The summed E-state index contributed by atoms with van der Waals surface area (Å²) < 4.78 is 6.97. The van der Waals surface area contributed by atoms with Crippen LogP contribution in [0.1, 0.15) is 27.6 Å². The van der Waals surface area contributed by atoms with Crippen LogP contribution in [0.4, 0.5) is 0 Å². The highest BCUT2D eigenvalue weighted by Crippen LogP contribution is 2.21. The van der Waals surface area contributed by atoms with Crippen molar-refractivity contribution in [2.45, 2.75) is 20.4 Å². The molecule has 6 nitrogen and oxygen atoms in total. The highest BCUT2D eigenvalue weighted by molar-refractivity contribution is 5.88. The average molecular weight is 261 g/mol. The van der Waals surface area contributed by atoms with E-state index in [0.29, 0.717) is 18.1 Å². The summed E-state index contributed by atoms with van der Waals surface area (Å²) >= 11 is 0. The van der Waals surface area contributed by atoms with Crippen molar-refractivity contribution in [3.8, 4) is 5.75 Å². The lowest BCUT2D eigenvalue weighted by atomic mass is 10.1. The van der Waals surface area contributed by atoms with Crippen LogP contribution in [0.15, 0.2) is 18.2 Å². The normalized spacial score (nSPS) is 10.5. The van der Waals surface area contributed by atoms with E-state index in [2.05, 4.69) is 10.1 Å². The van der Waals surface area contributed by atoms with Gasteiger partial charge in [0, 0.05) is 5.56 Å². The highest BCUT2D eigenvalue weighted by atomic mass is 16.5. The molecular weight excluding hydrogens is 246 g/mol. The molecule has 0 fully saturated rings. The van der Waals surface area contributed by atoms with Gasteiger partial charge in [0.1, 0.15) is 17.4 Å². The van der Waals surface area contributed by atoms with Crippen LogP contribution in [0.2, 0.25) is 0 Å². The summed E-state index contributed by atoms with van der Waals surface area (Å²) in [5.74, 6) is 1.14. The molecule has 6 heteroatoms. The molecule has 1 aromatic carbocycles. The molecule has 0 saturated heterocycles. The Kier molecular flexibility index (Phi) is 3.50. The van der Waals surface area contributed by atoms with Gasteiger partial charge in [0.2, 0.25) is 0 Å². The monoisotopic (exact) mass is 261 g/mol. The molecule has 1 aromatic heterocycles. The second kappa shape index (κ2) is 5.09. The van der Waals surface area contributed by atoms with Crippen molar-refractivity contribution >= 4 is 5.97 Å². The molecule has 2 aromatic rings. The zero-order valence-electron chi connectivity index (χ0n) is 11.0. The van der Waals surface area contributed by atoms with E-state index in [0.717, 1.165) is 11.4 Å². The second-order valence-electron chi connectivity index (χ2n) is 4.20. The maximum absolute atomic E-state index is 11.0. The topological polar surface area (TPSA) is 77.2 Å². The fourth-order valence-corrected chi connectivity index (χ4v) is 1.91. The van der Waals surface area contributed by atoms with Gasteiger partial charge in [-0.05, 0) is 32.0 Å². The maximum Gasteiger partial charge on any atom is 0.335 e. The molecule has 19 heavy (non-hydrogen) atoms. The van der Waals surface area contributed by atoms with Crippen molar-refractivity contribution in [2.24, 2.45) is 0 Å². The Morgan fingerprint density at radius 1 is 1.42 bits per heavy atom. The minimum absolute atomic E-state index is 0.227. The van der Waals surface area contributed by atoms with E-state index in [1.54, 1.807) is 23.9 Å². The Bertz CT molecular complexity index is 620. The van der Waals surface area contributed by atoms with Gasteiger partial charge < -0.3 is 9.84 Å². The number of carboxylic acids is 1. The van der Waals surface area contributed by atoms with E-state index in [4.69, 9.17) is 9.84 Å². The van der Waals surface area contributed by atoms with Crippen LogP contribution in [0.25, 0.3) is 0 Å². The first-order valence-electron chi connectivity index (χ1n) is 5.79. The zero-order valence-corrected chi connectivity index (χ0v) is 11.0. The first-order chi connectivity index (χ1) is 9.01. The van der Waals surface area contributed by atoms with Crippen molar-refractivity contribution < 1.29 is 14.6 Å². The van der Waals surface area contributed by atoms with Crippen LogP contribution in [-0.2, 0) is 6.54 Å². The van der Waals surface area contributed by atoms with Gasteiger partial charge in [0.15, 0.2) is 0 Å². The number of hydrogen-bond acceptors (Lipinski definition) is 4. The Balaban J connectivity index is 2.39. The van der Waals surface area contributed by atoms with Crippen LogP contribution in [0.5, 0.6) is 5.75 Å². The largest absolute Gasteiger partial charge is 0.496 e. The molecule has 100 valence electrons. The summed E-state index contributed by atoms with van der Waals surface area (Å²) in [6.07, 6.45) is 0. The lowest BCUT2D eigenvalue weighted by Gasteiger charge is -2.10. The van der Waals surface area contributed by atoms with Crippen molar-refractivity contribution in [3.05, 3.63) is 41.0 Å². The predicted molar refractivity (Wildman–Crippen MR) is 68.6 cm³/mol. The fourth-order valence-electron chi connectivity index (χ4n) is 1.91. The second-order valence-corrected chi connectivity index (χ2v) is 4.20. The number of ether oxygens (including phenoxy) is 1. The van der Waals surface area contributed by atoms with E-state index in [-0.39, 0.29) is 5.56 Å². The van der Waals surface area contributed by atoms with Crippen LogP contribution < -0.4 is 4.74 Å². The van der Waals surface area contributed by atoms with Crippen molar-refractivity contribution in [1.29, 1.82) is 0 Å². The molecule has 0 aliphatic rings. The van der Waals surface area contributed by atoms with Crippen molar-refractivity contribution in [3.63, 3.8) is 0 Å². The van der Waals surface area contributed by atoms with Crippen LogP contribution in [-0.4, -0.2) is 33.0 Å². The molecule has 1 N–H and O–H groups in total. The molecule has 0 saturated carbocycles. The number of aromatic nitrogens is 3. The first kappa shape index (κ1) is 13.1. The number of carboxylic acid groups (broad SMARTS) is 1. The SMILES string of the molecule is COc1ccc(C(=O)O)cc1Cn1nc(C)nc1C. The molecule has 0 aliphatic carbocycles. The summed E-state index contributed by atoms with van der Waals surface area (Å²) in [6, 6.07) is 4.76. The van der Waals surface area contributed by atoms with Crippen LogP contribution in [0.3, 0.4) is 0 Å². The van der Waals surface area contributed by atoms with E-state index in [9.17, 15) is 4.79 Å². The van der Waals surface area contributed by atoms with Gasteiger partial charge in [-0.25, -0.2) is 14.5 Å². The van der Waals surface area contributed by atoms with Gasteiger partial charge in [-0.2, -0.15) is 5.10 Å². The quantitative estimate of drug-likeness (QED) is 0.905. The highest BCUT2D eigenvalue weighted by Gasteiger charge is 2.11. The van der Waals surface area contributed by atoms with Crippen molar-refractivity contribution in [2.75, 3.05) is 7.11 Å². The number of nitrogens with zero attached hydrogens (tertiary/aromatic N) is 3. The molecule has 0 spiro atoms. The molecule has 2 rings (SSSR count). The van der Waals surface area contributed by atoms with E-state index >= 15 is 0 Å². The molecule has 0 unspecified atom stereocenters. The molecule has 0 radical (unpaired) electrons. The number of aryl methyl sites for hydroxylation is 2. The Morgan fingerprint density at radius 2 is 2.16 bits per heavy atom. The van der Waals surface area contributed by atoms with E-state index < -0.39 is 5.97 Å². The standard InChI is InChI=1S/C13H15N3O3/c1-8-14-9(2)16(15-8)7-11-6-10(13(17)18)4-5-12(11)19-3/h4-6H,7H2,1-3H3,(H,17,18). The molecule has 0 aliphatic heterocycles. The van der Waals surface area contributed by atoms with Gasteiger partial charge in [-0.1, -0.05) is 0 Å². The Morgan fingerprint density at radius 3 is 2.68 bits per heavy atom. The number of hydrogen-bond donors (Lipinski definition) is 1. The molecular formula is C13H15N3O3. The minimum atomic E-state index is -0.963. The Labute approximate surface area is 110 Å². The third-order valence-corrected chi connectivity index (χ3v) is 2.81. The summed E-state index contributed by atoms with van der Waals surface area (Å²) in [5.41, 5.74) is 0.987. The van der Waals surface area contributed by atoms with Gasteiger partial charge in [-0.15, -0.1) is 0 Å². The van der Waals surface area contributed by atoms with Gasteiger partial charge in [0.25, 0.3) is 0 Å². The van der Waals surface area contributed by atoms with Crippen LogP contribution >= 0.6 is 0 Å². The van der Waals surface area contributed by atoms with Crippen molar-refractivity contribution in [1.82, 2.24) is 14.8 Å². The number of carbonyl (C=O) groups is 1. The van der Waals surface area contributed by atoms with Gasteiger partial charge >= 0.3 is 5.97 Å². The fraction of sp³-hybridized carbons (Fsp3) is 0.308. The lowest BCUT2D eigenvalue weighted by Crippen LogP contribution is -2.07. The third kappa shape index (κ3) is 2.73. The number of aromatic carboxylic acids is 1. The summed E-state index contributed by atoms with van der Waals surface area (Å²) in [4.78, 5) is 15.2. The number of methoxy groups -OCH3 is 1. The van der Waals surface area contributed by atoms with E-state index in [1.165, 1.54) is 6.07 Å².